The lowest BCUT2D eigenvalue weighted by atomic mass is 9.74. The lowest BCUT2D eigenvalue weighted by molar-refractivity contribution is 0.0513. The summed E-state index contributed by atoms with van der Waals surface area (Å²) in [5, 5.41) is 6.99. The molecule has 1 saturated heterocycles. The monoisotopic (exact) mass is 543 g/mol. The number of hydrogen-bond acceptors (Lipinski definition) is 4. The molecule has 7 heteroatoms. The normalized spacial score (nSPS) is 15.9. The van der Waals surface area contributed by atoms with Gasteiger partial charge in [0.15, 0.2) is 5.96 Å². The van der Waals surface area contributed by atoms with Gasteiger partial charge in [0.2, 0.25) is 0 Å². The van der Waals surface area contributed by atoms with Crippen LogP contribution < -0.4 is 15.4 Å². The summed E-state index contributed by atoms with van der Waals surface area (Å²) in [6.45, 7) is 10.9. The van der Waals surface area contributed by atoms with Crippen molar-refractivity contribution in [2.75, 3.05) is 32.9 Å². The Labute approximate surface area is 201 Å². The summed E-state index contributed by atoms with van der Waals surface area (Å²) in [4.78, 5) is 7.41. The Morgan fingerprint density at radius 1 is 1.10 bits per heavy atom. The number of guanidine groups is 1. The third-order valence-corrected chi connectivity index (χ3v) is 6.34. The van der Waals surface area contributed by atoms with Crippen molar-refractivity contribution in [2.24, 2.45) is 4.99 Å². The number of aryl methyl sites for hydroxylation is 1. The highest BCUT2D eigenvalue weighted by atomic mass is 127. The molecule has 1 aliphatic rings. The van der Waals surface area contributed by atoms with E-state index < -0.39 is 0 Å². The van der Waals surface area contributed by atoms with Crippen LogP contribution in [0, 0.1) is 6.92 Å². The molecule has 0 saturated carbocycles. The Kier molecular flexibility index (Phi) is 10.4. The maximum atomic E-state index is 5.67. The summed E-state index contributed by atoms with van der Waals surface area (Å²) in [7, 11) is 0. The van der Waals surface area contributed by atoms with Crippen LogP contribution in [0.25, 0.3) is 0 Å². The molecule has 2 aromatic rings. The fourth-order valence-corrected chi connectivity index (χ4v) is 4.54. The molecule has 0 amide bonds. The largest absolute Gasteiger partial charge is 0.494 e. The first kappa shape index (κ1) is 24.9. The van der Waals surface area contributed by atoms with E-state index in [4.69, 9.17) is 14.5 Å². The Balaban J connectivity index is 0.00000320. The van der Waals surface area contributed by atoms with Gasteiger partial charge in [-0.1, -0.05) is 12.1 Å². The van der Waals surface area contributed by atoms with Gasteiger partial charge in [0, 0.05) is 41.5 Å². The Morgan fingerprint density at radius 3 is 2.43 bits per heavy atom. The highest BCUT2D eigenvalue weighted by molar-refractivity contribution is 14.0. The third-order valence-electron chi connectivity index (χ3n) is 5.36. The van der Waals surface area contributed by atoms with Gasteiger partial charge in [-0.3, -0.25) is 0 Å². The van der Waals surface area contributed by atoms with Crippen molar-refractivity contribution in [2.45, 2.75) is 45.6 Å². The zero-order valence-corrected chi connectivity index (χ0v) is 21.3. The van der Waals surface area contributed by atoms with Crippen LogP contribution in [-0.2, 0) is 16.7 Å². The van der Waals surface area contributed by atoms with Crippen LogP contribution in [-0.4, -0.2) is 38.9 Å². The highest BCUT2D eigenvalue weighted by Crippen LogP contribution is 2.35. The molecule has 0 bridgehead atoms. The summed E-state index contributed by atoms with van der Waals surface area (Å²) in [6.07, 6.45) is 2.00. The molecule has 0 radical (unpaired) electrons. The van der Waals surface area contributed by atoms with Crippen molar-refractivity contribution < 1.29 is 9.47 Å². The van der Waals surface area contributed by atoms with Crippen LogP contribution in [0.15, 0.2) is 41.4 Å². The Morgan fingerprint density at radius 2 is 1.83 bits per heavy atom. The average Bonchev–Trinajstić information content (AvgIpc) is 3.17. The predicted octanol–water partition coefficient (Wildman–Crippen LogP) is 4.88. The molecule has 0 unspecified atom stereocenters. The zero-order chi connectivity index (χ0) is 20.5. The van der Waals surface area contributed by atoms with Crippen molar-refractivity contribution >= 4 is 41.3 Å². The lowest BCUT2D eigenvalue weighted by Gasteiger charge is -2.38. The smallest absolute Gasteiger partial charge is 0.191 e. The van der Waals surface area contributed by atoms with Gasteiger partial charge in [-0.05, 0) is 63.4 Å². The van der Waals surface area contributed by atoms with Gasteiger partial charge >= 0.3 is 0 Å². The first-order chi connectivity index (χ1) is 14.1. The van der Waals surface area contributed by atoms with Gasteiger partial charge in [0.1, 0.15) is 5.75 Å². The van der Waals surface area contributed by atoms with Crippen LogP contribution in [0.5, 0.6) is 5.75 Å². The fraction of sp³-hybridized carbons (Fsp3) is 0.522. The maximum absolute atomic E-state index is 5.67. The molecule has 0 spiro atoms. The van der Waals surface area contributed by atoms with E-state index in [1.807, 2.05) is 6.92 Å². The number of benzene rings is 1. The first-order valence-electron chi connectivity index (χ1n) is 10.5. The second kappa shape index (κ2) is 12.5. The van der Waals surface area contributed by atoms with Crippen molar-refractivity contribution in [1.82, 2.24) is 10.6 Å². The summed E-state index contributed by atoms with van der Waals surface area (Å²) in [5.74, 6) is 1.79. The fourth-order valence-electron chi connectivity index (χ4n) is 3.72. The summed E-state index contributed by atoms with van der Waals surface area (Å²) < 4.78 is 11.3. The van der Waals surface area contributed by atoms with Crippen molar-refractivity contribution in [3.63, 3.8) is 0 Å². The number of ether oxygens (including phenoxy) is 2. The summed E-state index contributed by atoms with van der Waals surface area (Å²) in [6, 6.07) is 12.9. The SMILES string of the molecule is CCNC(=NCc1ccc(C)s1)NCC1(c2ccc(OCC)cc2)CCOCC1.I. The van der Waals surface area contributed by atoms with E-state index in [0.29, 0.717) is 13.2 Å². The van der Waals surface area contributed by atoms with Crippen LogP contribution in [0.4, 0.5) is 0 Å². The van der Waals surface area contributed by atoms with E-state index in [2.05, 4.69) is 60.9 Å². The minimum absolute atomic E-state index is 0. The number of nitrogens with zero attached hydrogens (tertiary/aromatic N) is 1. The molecule has 2 N–H and O–H groups in total. The molecule has 1 fully saturated rings. The highest BCUT2D eigenvalue weighted by Gasteiger charge is 2.34. The van der Waals surface area contributed by atoms with E-state index in [0.717, 1.165) is 50.9 Å². The second-order valence-corrected chi connectivity index (χ2v) is 8.78. The van der Waals surface area contributed by atoms with Gasteiger partial charge < -0.3 is 20.1 Å². The number of aliphatic imine (C=N–C) groups is 1. The van der Waals surface area contributed by atoms with Crippen LogP contribution >= 0.6 is 35.3 Å². The van der Waals surface area contributed by atoms with Crippen LogP contribution in [0.1, 0.15) is 42.0 Å². The molecule has 5 nitrogen and oxygen atoms in total. The molecular weight excluding hydrogens is 509 g/mol. The minimum atomic E-state index is 0. The van der Waals surface area contributed by atoms with E-state index in [9.17, 15) is 0 Å². The Hall–Kier alpha value is -1.32. The molecule has 2 heterocycles. The Bertz CT molecular complexity index is 786. The molecular formula is C23H34IN3O2S. The minimum Gasteiger partial charge on any atom is -0.494 e. The van der Waals surface area contributed by atoms with Gasteiger partial charge in [-0.15, -0.1) is 35.3 Å². The van der Waals surface area contributed by atoms with Crippen molar-refractivity contribution in [1.29, 1.82) is 0 Å². The van der Waals surface area contributed by atoms with Crippen LogP contribution in [0.2, 0.25) is 0 Å². The maximum Gasteiger partial charge on any atom is 0.191 e. The van der Waals surface area contributed by atoms with E-state index in [1.54, 1.807) is 11.3 Å². The topological polar surface area (TPSA) is 54.9 Å². The van der Waals surface area contributed by atoms with E-state index >= 15 is 0 Å². The molecule has 1 aromatic carbocycles. The summed E-state index contributed by atoms with van der Waals surface area (Å²) in [5.41, 5.74) is 1.38. The van der Waals surface area contributed by atoms with Gasteiger partial charge in [0.25, 0.3) is 0 Å². The standard InChI is InChI=1S/C23H33N3O2S.HI/c1-4-24-22(25-16-21-11-6-18(3)29-21)26-17-23(12-14-27-15-13-23)19-7-9-20(10-8-19)28-5-2;/h6-11H,4-5,12-17H2,1-3H3,(H2,24,25,26);1H. The van der Waals surface area contributed by atoms with Crippen LogP contribution in [0.3, 0.4) is 0 Å². The average molecular weight is 544 g/mol. The molecule has 3 rings (SSSR count). The number of hydrogen-bond donors (Lipinski definition) is 2. The predicted molar refractivity (Wildman–Crippen MR) is 137 cm³/mol. The van der Waals surface area contributed by atoms with E-state index in [1.165, 1.54) is 15.3 Å². The molecule has 1 aromatic heterocycles. The number of rotatable bonds is 8. The quantitative estimate of drug-likeness (QED) is 0.283. The molecule has 0 aliphatic carbocycles. The van der Waals surface area contributed by atoms with Gasteiger partial charge in [-0.2, -0.15) is 0 Å². The third kappa shape index (κ3) is 6.85. The van der Waals surface area contributed by atoms with Gasteiger partial charge in [0.05, 0.1) is 13.2 Å². The number of thiophene rings is 1. The van der Waals surface area contributed by atoms with E-state index in [-0.39, 0.29) is 29.4 Å². The van der Waals surface area contributed by atoms with Gasteiger partial charge in [-0.25, -0.2) is 4.99 Å². The van der Waals surface area contributed by atoms with Crippen molar-refractivity contribution in [3.8, 4) is 5.75 Å². The number of nitrogens with one attached hydrogen (secondary N) is 2. The van der Waals surface area contributed by atoms with Crippen molar-refractivity contribution in [3.05, 3.63) is 51.7 Å². The first-order valence-corrected chi connectivity index (χ1v) is 11.4. The molecule has 30 heavy (non-hydrogen) atoms. The number of halogens is 1. The summed E-state index contributed by atoms with van der Waals surface area (Å²) >= 11 is 1.80. The lowest BCUT2D eigenvalue weighted by Crippen LogP contribution is -2.48. The molecule has 0 atom stereocenters. The second-order valence-electron chi connectivity index (χ2n) is 7.41. The molecule has 166 valence electrons. The molecule has 1 aliphatic heterocycles. The zero-order valence-electron chi connectivity index (χ0n) is 18.2.